The summed E-state index contributed by atoms with van der Waals surface area (Å²) in [5.41, 5.74) is 2.04. The zero-order valence-electron chi connectivity index (χ0n) is 17.1. The second kappa shape index (κ2) is 9.05. The first-order valence-corrected chi connectivity index (χ1v) is 10.1. The number of rotatable bonds is 5. The standard InChI is InChI=1S/C24H21F2N3O3/c25-17-3-1-16(2-4-17)23(30)27-22-10-9-20(15-21(22)24(31)32)29-13-11-28(12-14-29)19-7-5-18(26)6-8-19/h1-10,15H,11-14H2,(H,27,30)(H,31,32). The topological polar surface area (TPSA) is 72.9 Å². The zero-order chi connectivity index (χ0) is 22.7. The van der Waals surface area contributed by atoms with Crippen LogP contribution in [0, 0.1) is 11.6 Å². The van der Waals surface area contributed by atoms with Crippen LogP contribution >= 0.6 is 0 Å². The molecule has 0 radical (unpaired) electrons. The second-order valence-electron chi connectivity index (χ2n) is 7.45. The molecule has 1 saturated heterocycles. The Morgan fingerprint density at radius 1 is 0.750 bits per heavy atom. The number of hydrogen-bond donors (Lipinski definition) is 2. The van der Waals surface area contributed by atoms with Crippen molar-refractivity contribution in [1.82, 2.24) is 0 Å². The number of nitrogens with one attached hydrogen (secondary N) is 1. The van der Waals surface area contributed by atoms with Gasteiger partial charge in [-0.1, -0.05) is 0 Å². The molecule has 2 N–H and O–H groups in total. The van der Waals surface area contributed by atoms with Crippen molar-refractivity contribution in [3.63, 3.8) is 0 Å². The van der Waals surface area contributed by atoms with Gasteiger partial charge in [0.25, 0.3) is 5.91 Å². The zero-order valence-corrected chi connectivity index (χ0v) is 17.1. The lowest BCUT2D eigenvalue weighted by molar-refractivity contribution is 0.0698. The SMILES string of the molecule is O=C(Nc1ccc(N2CCN(c3ccc(F)cc3)CC2)cc1C(=O)O)c1ccc(F)cc1. The summed E-state index contributed by atoms with van der Waals surface area (Å²) in [5.74, 6) is -2.42. The molecule has 1 aliphatic rings. The van der Waals surface area contributed by atoms with Gasteiger partial charge in [-0.3, -0.25) is 4.79 Å². The molecule has 3 aromatic carbocycles. The highest BCUT2D eigenvalue weighted by Gasteiger charge is 2.21. The number of benzene rings is 3. The highest BCUT2D eigenvalue weighted by atomic mass is 19.1. The van der Waals surface area contributed by atoms with E-state index in [-0.39, 0.29) is 22.6 Å². The fourth-order valence-corrected chi connectivity index (χ4v) is 3.69. The van der Waals surface area contributed by atoms with Crippen molar-refractivity contribution in [2.45, 2.75) is 0 Å². The number of hydrogen-bond acceptors (Lipinski definition) is 4. The maximum Gasteiger partial charge on any atom is 0.337 e. The molecule has 1 amide bonds. The maximum atomic E-state index is 13.1. The summed E-state index contributed by atoms with van der Waals surface area (Å²) in [7, 11) is 0. The first-order valence-electron chi connectivity index (χ1n) is 10.1. The summed E-state index contributed by atoms with van der Waals surface area (Å²) in [6.45, 7) is 2.74. The Hall–Kier alpha value is -3.94. The lowest BCUT2D eigenvalue weighted by Gasteiger charge is -2.37. The van der Waals surface area contributed by atoms with E-state index in [4.69, 9.17) is 0 Å². The Balaban J connectivity index is 1.47. The second-order valence-corrected chi connectivity index (χ2v) is 7.45. The van der Waals surface area contributed by atoms with Gasteiger partial charge in [-0.25, -0.2) is 13.6 Å². The highest BCUT2D eigenvalue weighted by molar-refractivity contribution is 6.08. The van der Waals surface area contributed by atoms with Crippen molar-refractivity contribution in [3.05, 3.63) is 89.5 Å². The Morgan fingerprint density at radius 2 is 1.25 bits per heavy atom. The molecule has 0 unspecified atom stereocenters. The number of carboxylic acid groups (broad SMARTS) is 1. The third kappa shape index (κ3) is 4.69. The van der Waals surface area contributed by atoms with Gasteiger partial charge in [0, 0.05) is 43.1 Å². The Kier molecular flexibility index (Phi) is 6.02. The smallest absolute Gasteiger partial charge is 0.337 e. The average Bonchev–Trinajstić information content (AvgIpc) is 2.80. The fourth-order valence-electron chi connectivity index (χ4n) is 3.69. The Labute approximate surface area is 183 Å². The van der Waals surface area contributed by atoms with Gasteiger partial charge in [0.05, 0.1) is 11.3 Å². The molecule has 0 aliphatic carbocycles. The Bertz CT molecular complexity index is 1130. The third-order valence-electron chi connectivity index (χ3n) is 5.42. The molecule has 6 nitrogen and oxygen atoms in total. The summed E-state index contributed by atoms with van der Waals surface area (Å²) in [6, 6.07) is 16.2. The van der Waals surface area contributed by atoms with Crippen molar-refractivity contribution in [1.29, 1.82) is 0 Å². The first-order chi connectivity index (χ1) is 15.4. The van der Waals surface area contributed by atoms with E-state index < -0.39 is 17.7 Å². The number of carbonyl (C=O) groups excluding carboxylic acids is 1. The molecule has 1 heterocycles. The van der Waals surface area contributed by atoms with Crippen LogP contribution in [0.2, 0.25) is 0 Å². The van der Waals surface area contributed by atoms with E-state index in [1.165, 1.54) is 42.5 Å². The number of carbonyl (C=O) groups is 2. The minimum Gasteiger partial charge on any atom is -0.478 e. The summed E-state index contributed by atoms with van der Waals surface area (Å²) in [6.07, 6.45) is 0. The minimum absolute atomic E-state index is 0.0288. The third-order valence-corrected chi connectivity index (χ3v) is 5.42. The lowest BCUT2D eigenvalue weighted by atomic mass is 10.1. The van der Waals surface area contributed by atoms with E-state index >= 15 is 0 Å². The van der Waals surface area contributed by atoms with Gasteiger partial charge in [-0.2, -0.15) is 0 Å². The molecule has 0 atom stereocenters. The van der Waals surface area contributed by atoms with Crippen LogP contribution in [-0.4, -0.2) is 43.2 Å². The summed E-state index contributed by atoms with van der Waals surface area (Å²) in [4.78, 5) is 28.5. The van der Waals surface area contributed by atoms with E-state index in [2.05, 4.69) is 15.1 Å². The van der Waals surface area contributed by atoms with E-state index in [9.17, 15) is 23.5 Å². The maximum absolute atomic E-state index is 13.1. The van der Waals surface area contributed by atoms with Gasteiger partial charge in [0.1, 0.15) is 11.6 Å². The number of amides is 1. The molecule has 1 aliphatic heterocycles. The molecule has 0 spiro atoms. The van der Waals surface area contributed by atoms with E-state index in [1.807, 2.05) is 0 Å². The summed E-state index contributed by atoms with van der Waals surface area (Å²) >= 11 is 0. The van der Waals surface area contributed by atoms with Gasteiger partial charge in [-0.15, -0.1) is 0 Å². The van der Waals surface area contributed by atoms with Crippen LogP contribution in [0.25, 0.3) is 0 Å². The van der Waals surface area contributed by atoms with Gasteiger partial charge in [0.15, 0.2) is 0 Å². The molecule has 164 valence electrons. The van der Waals surface area contributed by atoms with Crippen molar-refractivity contribution in [3.8, 4) is 0 Å². The molecule has 4 rings (SSSR count). The van der Waals surface area contributed by atoms with Gasteiger partial charge < -0.3 is 20.2 Å². The lowest BCUT2D eigenvalue weighted by Crippen LogP contribution is -2.46. The molecule has 3 aromatic rings. The minimum atomic E-state index is -1.16. The normalized spacial score (nSPS) is 13.7. The molecular weight excluding hydrogens is 416 g/mol. The average molecular weight is 437 g/mol. The van der Waals surface area contributed by atoms with Crippen LogP contribution in [-0.2, 0) is 0 Å². The molecule has 0 aromatic heterocycles. The van der Waals surface area contributed by atoms with Crippen LogP contribution in [0.4, 0.5) is 25.8 Å². The predicted molar refractivity (Wildman–Crippen MR) is 119 cm³/mol. The first kappa shape index (κ1) is 21.3. The van der Waals surface area contributed by atoms with Gasteiger partial charge in [0.2, 0.25) is 0 Å². The van der Waals surface area contributed by atoms with Crippen molar-refractivity contribution in [2.75, 3.05) is 41.3 Å². The van der Waals surface area contributed by atoms with E-state index in [0.717, 1.165) is 11.4 Å². The number of aromatic carboxylic acids is 1. The van der Waals surface area contributed by atoms with Crippen molar-refractivity contribution >= 4 is 28.9 Å². The number of piperazine rings is 1. The van der Waals surface area contributed by atoms with Crippen LogP contribution in [0.5, 0.6) is 0 Å². The Morgan fingerprint density at radius 3 is 1.81 bits per heavy atom. The molecule has 0 saturated carbocycles. The van der Waals surface area contributed by atoms with E-state index in [1.54, 1.807) is 24.3 Å². The summed E-state index contributed by atoms with van der Waals surface area (Å²) < 4.78 is 26.2. The molecule has 1 fully saturated rings. The van der Waals surface area contributed by atoms with Crippen LogP contribution in [0.1, 0.15) is 20.7 Å². The number of anilines is 3. The summed E-state index contributed by atoms with van der Waals surface area (Å²) in [5, 5.41) is 12.3. The van der Waals surface area contributed by atoms with Crippen LogP contribution in [0.3, 0.4) is 0 Å². The van der Waals surface area contributed by atoms with Crippen molar-refractivity contribution in [2.24, 2.45) is 0 Å². The monoisotopic (exact) mass is 437 g/mol. The molecule has 32 heavy (non-hydrogen) atoms. The van der Waals surface area contributed by atoms with E-state index in [0.29, 0.717) is 26.2 Å². The van der Waals surface area contributed by atoms with Crippen LogP contribution in [0.15, 0.2) is 66.7 Å². The highest BCUT2D eigenvalue weighted by Crippen LogP contribution is 2.26. The molecular formula is C24H21F2N3O3. The predicted octanol–water partition coefficient (Wildman–Crippen LogP) is 4.24. The molecule has 0 bridgehead atoms. The fraction of sp³-hybridized carbons (Fsp3) is 0.167. The van der Waals surface area contributed by atoms with Crippen LogP contribution < -0.4 is 15.1 Å². The number of carboxylic acids is 1. The van der Waals surface area contributed by atoms with Gasteiger partial charge >= 0.3 is 5.97 Å². The molecule has 8 heteroatoms. The quantitative estimate of drug-likeness (QED) is 0.625. The van der Waals surface area contributed by atoms with Crippen molar-refractivity contribution < 1.29 is 23.5 Å². The van der Waals surface area contributed by atoms with Gasteiger partial charge in [-0.05, 0) is 66.7 Å². The number of halogens is 2. The largest absolute Gasteiger partial charge is 0.478 e. The number of nitrogens with zero attached hydrogens (tertiary/aromatic N) is 2.